The van der Waals surface area contributed by atoms with Crippen molar-refractivity contribution in [3.05, 3.63) is 23.6 Å². The number of methoxy groups -OCH3 is 1. The van der Waals surface area contributed by atoms with Crippen molar-refractivity contribution in [2.45, 2.75) is 20.0 Å². The lowest BCUT2D eigenvalue weighted by Gasteiger charge is -2.08. The lowest BCUT2D eigenvalue weighted by Crippen LogP contribution is -2.14. The fourth-order valence-corrected chi connectivity index (χ4v) is 1.60. The minimum absolute atomic E-state index is 0.314. The summed E-state index contributed by atoms with van der Waals surface area (Å²) in [6, 6.07) is 1.71. The highest BCUT2D eigenvalue weighted by Crippen LogP contribution is 2.11. The van der Waals surface area contributed by atoms with Gasteiger partial charge in [-0.2, -0.15) is 4.98 Å². The highest BCUT2D eigenvalue weighted by atomic mass is 16.5. The first-order chi connectivity index (χ1) is 9.71. The van der Waals surface area contributed by atoms with Crippen LogP contribution in [0.2, 0.25) is 0 Å². The highest BCUT2D eigenvalue weighted by Gasteiger charge is 2.05. The van der Waals surface area contributed by atoms with E-state index in [-0.39, 0.29) is 0 Å². The van der Waals surface area contributed by atoms with Gasteiger partial charge in [0, 0.05) is 33.1 Å². The van der Waals surface area contributed by atoms with Crippen molar-refractivity contribution in [3.8, 4) is 0 Å². The number of hydrogen-bond donors (Lipinski definition) is 3. The molecule has 0 fully saturated rings. The molecule has 2 heterocycles. The second-order valence-corrected chi connectivity index (χ2v) is 4.04. The third kappa shape index (κ3) is 3.87. The normalized spacial score (nSPS) is 10.6. The molecule has 0 atom stereocenters. The van der Waals surface area contributed by atoms with E-state index in [0.29, 0.717) is 48.7 Å². The molecule has 0 unspecified atom stereocenters. The molecule has 0 aliphatic carbocycles. The van der Waals surface area contributed by atoms with E-state index in [1.807, 2.05) is 0 Å². The van der Waals surface area contributed by atoms with Crippen molar-refractivity contribution in [2.75, 3.05) is 24.4 Å². The summed E-state index contributed by atoms with van der Waals surface area (Å²) in [6.45, 7) is 2.69. The van der Waals surface area contributed by atoms with Crippen molar-refractivity contribution in [1.29, 1.82) is 0 Å². The molecule has 2 rings (SSSR count). The monoisotopic (exact) mass is 279 g/mol. The molecule has 4 N–H and O–H groups in total. The second kappa shape index (κ2) is 6.78. The molecule has 0 bridgehead atoms. The molecular formula is C11H17N7O2. The van der Waals surface area contributed by atoms with E-state index in [2.05, 4.69) is 30.9 Å². The van der Waals surface area contributed by atoms with Crippen LogP contribution in [0.5, 0.6) is 0 Å². The first-order valence-corrected chi connectivity index (χ1v) is 6.08. The average Bonchev–Trinajstić information content (AvgIpc) is 2.84. The van der Waals surface area contributed by atoms with Crippen LogP contribution in [0.25, 0.3) is 0 Å². The molecule has 9 nitrogen and oxygen atoms in total. The number of ether oxygens (including phenoxy) is 1. The van der Waals surface area contributed by atoms with Crippen LogP contribution in [0.3, 0.4) is 0 Å². The molecule has 0 saturated carbocycles. The Morgan fingerprint density at radius 3 is 2.70 bits per heavy atom. The summed E-state index contributed by atoms with van der Waals surface area (Å²) in [7, 11) is 1.58. The zero-order valence-electron chi connectivity index (χ0n) is 11.4. The van der Waals surface area contributed by atoms with E-state index in [1.54, 1.807) is 20.1 Å². The number of hydrazine groups is 1. The van der Waals surface area contributed by atoms with Crippen LogP contribution >= 0.6 is 0 Å². The maximum atomic E-state index is 5.36. The number of aryl methyl sites for hydroxylation is 1. The summed E-state index contributed by atoms with van der Waals surface area (Å²) < 4.78 is 9.90. The van der Waals surface area contributed by atoms with Crippen LogP contribution in [-0.2, 0) is 17.8 Å². The van der Waals surface area contributed by atoms with Gasteiger partial charge in [0.05, 0.1) is 0 Å². The van der Waals surface area contributed by atoms with Crippen LogP contribution in [0.1, 0.15) is 17.5 Å². The Morgan fingerprint density at radius 2 is 2.05 bits per heavy atom. The molecular weight excluding hydrogens is 262 g/mol. The van der Waals surface area contributed by atoms with Crippen molar-refractivity contribution in [1.82, 2.24) is 20.1 Å². The number of nitrogen functional groups attached to an aromatic ring is 1. The fourth-order valence-electron chi connectivity index (χ4n) is 1.60. The third-order valence-electron chi connectivity index (χ3n) is 2.42. The zero-order valence-corrected chi connectivity index (χ0v) is 11.4. The predicted octanol–water partition coefficient (Wildman–Crippen LogP) is 0.255. The van der Waals surface area contributed by atoms with Gasteiger partial charge < -0.3 is 20.0 Å². The summed E-state index contributed by atoms with van der Waals surface area (Å²) in [4.78, 5) is 12.6. The van der Waals surface area contributed by atoms with Crippen LogP contribution < -0.4 is 16.6 Å². The number of nitrogens with zero attached hydrogens (tertiary/aromatic N) is 4. The number of anilines is 2. The minimum atomic E-state index is 0.314. The molecule has 9 heteroatoms. The summed E-state index contributed by atoms with van der Waals surface area (Å²) in [5.41, 5.74) is 2.49. The molecule has 0 spiro atoms. The first-order valence-electron chi connectivity index (χ1n) is 6.08. The van der Waals surface area contributed by atoms with Crippen LogP contribution in [0.15, 0.2) is 10.6 Å². The summed E-state index contributed by atoms with van der Waals surface area (Å²) in [5, 5.41) is 6.97. The quantitative estimate of drug-likeness (QED) is 0.483. The van der Waals surface area contributed by atoms with Gasteiger partial charge in [-0.05, 0) is 0 Å². The van der Waals surface area contributed by atoms with Crippen molar-refractivity contribution in [2.24, 2.45) is 5.84 Å². The number of rotatable bonds is 7. The van der Waals surface area contributed by atoms with E-state index in [1.165, 1.54) is 0 Å². The van der Waals surface area contributed by atoms with Gasteiger partial charge in [0.2, 0.25) is 5.89 Å². The van der Waals surface area contributed by atoms with Crippen LogP contribution in [-0.4, -0.2) is 33.8 Å². The molecule has 0 aromatic carbocycles. The van der Waals surface area contributed by atoms with Gasteiger partial charge in [0.15, 0.2) is 11.6 Å². The van der Waals surface area contributed by atoms with E-state index >= 15 is 0 Å². The van der Waals surface area contributed by atoms with E-state index < -0.39 is 0 Å². The van der Waals surface area contributed by atoms with E-state index in [0.717, 1.165) is 0 Å². The number of aromatic nitrogens is 4. The standard InChI is InChI=1S/C11H17N7O2/c1-7-14-8(18-20-7)3-4-13-9-5-10(17-12)16-11(15-9)6-19-2/h5H,3-4,6,12H2,1-2H3,(H2,13,15,16,17). The second-order valence-electron chi connectivity index (χ2n) is 4.04. The molecule has 0 aliphatic rings. The summed E-state index contributed by atoms with van der Waals surface area (Å²) >= 11 is 0. The molecule has 0 aliphatic heterocycles. The van der Waals surface area contributed by atoms with E-state index in [9.17, 15) is 0 Å². The van der Waals surface area contributed by atoms with Gasteiger partial charge in [-0.15, -0.1) is 0 Å². The molecule has 108 valence electrons. The van der Waals surface area contributed by atoms with Gasteiger partial charge in [-0.25, -0.2) is 15.8 Å². The zero-order chi connectivity index (χ0) is 14.4. The average molecular weight is 279 g/mol. The van der Waals surface area contributed by atoms with Gasteiger partial charge in [0.1, 0.15) is 18.2 Å². The maximum absolute atomic E-state index is 5.36. The molecule has 0 radical (unpaired) electrons. The topological polar surface area (TPSA) is 124 Å². The minimum Gasteiger partial charge on any atom is -0.377 e. The third-order valence-corrected chi connectivity index (χ3v) is 2.42. The van der Waals surface area contributed by atoms with Gasteiger partial charge >= 0.3 is 0 Å². The van der Waals surface area contributed by atoms with E-state index in [4.69, 9.17) is 15.1 Å². The molecule has 2 aromatic heterocycles. The Balaban J connectivity index is 1.95. The van der Waals surface area contributed by atoms with Gasteiger partial charge in [-0.3, -0.25) is 0 Å². The van der Waals surface area contributed by atoms with Crippen LogP contribution in [0, 0.1) is 6.92 Å². The van der Waals surface area contributed by atoms with Gasteiger partial charge in [0.25, 0.3) is 0 Å². The molecule has 20 heavy (non-hydrogen) atoms. The molecule has 0 saturated heterocycles. The Kier molecular flexibility index (Phi) is 4.80. The number of nitrogens with two attached hydrogens (primary N) is 1. The lowest BCUT2D eigenvalue weighted by atomic mass is 10.4. The number of hydrogen-bond acceptors (Lipinski definition) is 9. The highest BCUT2D eigenvalue weighted by molar-refractivity contribution is 5.46. The lowest BCUT2D eigenvalue weighted by molar-refractivity contribution is 0.178. The molecule has 0 amide bonds. The Bertz CT molecular complexity index is 557. The molecule has 2 aromatic rings. The first kappa shape index (κ1) is 14.2. The van der Waals surface area contributed by atoms with Crippen molar-refractivity contribution >= 4 is 11.6 Å². The van der Waals surface area contributed by atoms with Crippen molar-refractivity contribution < 1.29 is 9.26 Å². The van der Waals surface area contributed by atoms with Crippen LogP contribution in [0.4, 0.5) is 11.6 Å². The van der Waals surface area contributed by atoms with Gasteiger partial charge in [-0.1, -0.05) is 5.16 Å². The SMILES string of the molecule is COCc1nc(NN)cc(NCCc2noc(C)n2)n1. The smallest absolute Gasteiger partial charge is 0.223 e. The van der Waals surface area contributed by atoms with Crippen molar-refractivity contribution in [3.63, 3.8) is 0 Å². The summed E-state index contributed by atoms with van der Waals surface area (Å²) in [5.74, 6) is 8.28. The maximum Gasteiger partial charge on any atom is 0.223 e. The Morgan fingerprint density at radius 1 is 1.25 bits per heavy atom. The largest absolute Gasteiger partial charge is 0.377 e. The Hall–Kier alpha value is -2.26. The Labute approximate surface area is 115 Å². The fraction of sp³-hybridized carbons (Fsp3) is 0.455. The summed E-state index contributed by atoms with van der Waals surface area (Å²) in [6.07, 6.45) is 0.631. The number of nitrogens with one attached hydrogen (secondary N) is 2. The predicted molar refractivity (Wildman–Crippen MR) is 71.8 cm³/mol.